The van der Waals surface area contributed by atoms with Gasteiger partial charge in [0.2, 0.25) is 0 Å². The van der Waals surface area contributed by atoms with E-state index in [2.05, 4.69) is 41.7 Å². The van der Waals surface area contributed by atoms with Crippen molar-refractivity contribution < 1.29 is 9.53 Å². The highest BCUT2D eigenvalue weighted by Crippen LogP contribution is 2.31. The number of amides is 1. The summed E-state index contributed by atoms with van der Waals surface area (Å²) in [5.41, 5.74) is 1.15. The van der Waals surface area contributed by atoms with E-state index in [9.17, 15) is 4.79 Å². The average molecular weight is 362 g/mol. The average Bonchev–Trinajstić information content (AvgIpc) is 2.40. The van der Waals surface area contributed by atoms with Crippen LogP contribution in [0.1, 0.15) is 36.8 Å². The van der Waals surface area contributed by atoms with Crippen molar-refractivity contribution in [2.45, 2.75) is 26.2 Å². The molecule has 0 radical (unpaired) electrons. The van der Waals surface area contributed by atoms with Gasteiger partial charge in [-0.15, -0.1) is 0 Å². The molecule has 1 saturated heterocycles. The molecule has 2 rings (SSSR count). The Hall–Kier alpha value is -0.650. The Morgan fingerprint density at radius 3 is 2.55 bits per heavy atom. The predicted molar refractivity (Wildman–Crippen MR) is 82.4 cm³/mol. The van der Waals surface area contributed by atoms with Crippen LogP contribution in [-0.2, 0) is 10.2 Å². The van der Waals surface area contributed by atoms with Crippen LogP contribution in [0.2, 0.25) is 5.15 Å². The Bertz CT molecular complexity index is 523. The number of hydrogen-bond acceptors (Lipinski definition) is 3. The zero-order chi connectivity index (χ0) is 14.9. The van der Waals surface area contributed by atoms with E-state index in [1.54, 1.807) is 11.0 Å². The van der Waals surface area contributed by atoms with Gasteiger partial charge < -0.3 is 9.64 Å². The molecule has 1 aliphatic heterocycles. The van der Waals surface area contributed by atoms with Crippen molar-refractivity contribution in [3.05, 3.63) is 26.9 Å². The number of carbonyl (C=O) groups is 1. The molecule has 0 aromatic carbocycles. The highest BCUT2D eigenvalue weighted by atomic mass is 79.9. The predicted octanol–water partition coefficient (Wildman–Crippen LogP) is 3.27. The molecular weight excluding hydrogens is 344 g/mol. The van der Waals surface area contributed by atoms with Crippen LogP contribution in [0.15, 0.2) is 10.5 Å². The van der Waals surface area contributed by atoms with Crippen molar-refractivity contribution in [1.82, 2.24) is 9.88 Å². The number of carbonyl (C=O) groups excluding carboxylic acids is 1. The smallest absolute Gasteiger partial charge is 0.257 e. The Balaban J connectivity index is 2.33. The minimum Gasteiger partial charge on any atom is -0.378 e. The van der Waals surface area contributed by atoms with E-state index in [1.807, 2.05) is 0 Å². The van der Waals surface area contributed by atoms with E-state index in [1.165, 1.54) is 0 Å². The summed E-state index contributed by atoms with van der Waals surface area (Å²) >= 11 is 9.70. The van der Waals surface area contributed by atoms with Crippen molar-refractivity contribution in [3.8, 4) is 0 Å². The number of rotatable bonds is 1. The molecule has 0 bridgehead atoms. The van der Waals surface area contributed by atoms with Gasteiger partial charge >= 0.3 is 0 Å². The van der Waals surface area contributed by atoms with Gasteiger partial charge in [-0.1, -0.05) is 32.4 Å². The molecule has 1 aliphatic rings. The standard InChI is InChI=1S/C14H18BrClN2O2/c1-14(2,3)11-10(15)8-9(12(16)17-11)13(19)18-4-6-20-7-5-18/h8H,4-7H2,1-3H3. The Morgan fingerprint density at radius 2 is 2.00 bits per heavy atom. The molecule has 6 heteroatoms. The molecule has 4 nitrogen and oxygen atoms in total. The number of halogens is 2. The lowest BCUT2D eigenvalue weighted by Crippen LogP contribution is -2.41. The molecule has 2 heterocycles. The third kappa shape index (κ3) is 3.32. The van der Waals surface area contributed by atoms with Crippen LogP contribution in [0.3, 0.4) is 0 Å². The zero-order valence-corrected chi connectivity index (χ0v) is 14.2. The third-order valence-corrected chi connectivity index (χ3v) is 4.06. The summed E-state index contributed by atoms with van der Waals surface area (Å²) in [7, 11) is 0. The van der Waals surface area contributed by atoms with Gasteiger partial charge in [0.1, 0.15) is 5.15 Å². The lowest BCUT2D eigenvalue weighted by molar-refractivity contribution is 0.0302. The first-order valence-electron chi connectivity index (χ1n) is 6.54. The summed E-state index contributed by atoms with van der Waals surface area (Å²) in [4.78, 5) is 18.6. The minimum atomic E-state index is -0.136. The highest BCUT2D eigenvalue weighted by molar-refractivity contribution is 9.10. The fourth-order valence-corrected chi connectivity index (χ4v) is 3.21. The van der Waals surface area contributed by atoms with Gasteiger partial charge in [0.15, 0.2) is 0 Å². The van der Waals surface area contributed by atoms with Crippen molar-refractivity contribution >= 4 is 33.4 Å². The van der Waals surface area contributed by atoms with Gasteiger partial charge in [-0.2, -0.15) is 0 Å². The molecule has 1 aromatic rings. The third-order valence-electron chi connectivity index (χ3n) is 3.17. The van der Waals surface area contributed by atoms with Crippen molar-refractivity contribution in [3.63, 3.8) is 0 Å². The maximum absolute atomic E-state index is 12.5. The molecule has 0 N–H and O–H groups in total. The monoisotopic (exact) mass is 360 g/mol. The summed E-state index contributed by atoms with van der Waals surface area (Å²) < 4.78 is 6.06. The lowest BCUT2D eigenvalue weighted by Gasteiger charge is -2.27. The maximum atomic E-state index is 12.5. The molecule has 0 saturated carbocycles. The number of aromatic nitrogens is 1. The second kappa shape index (κ2) is 6.00. The fraction of sp³-hybridized carbons (Fsp3) is 0.571. The number of nitrogens with zero attached hydrogens (tertiary/aromatic N) is 2. The summed E-state index contributed by atoms with van der Waals surface area (Å²) in [6.07, 6.45) is 0. The largest absolute Gasteiger partial charge is 0.378 e. The highest BCUT2D eigenvalue weighted by Gasteiger charge is 2.26. The molecule has 0 spiro atoms. The summed E-state index contributed by atoms with van der Waals surface area (Å²) in [6.45, 7) is 8.48. The molecule has 1 fully saturated rings. The lowest BCUT2D eigenvalue weighted by atomic mass is 9.91. The van der Waals surface area contributed by atoms with Gasteiger partial charge in [0, 0.05) is 23.0 Å². The van der Waals surface area contributed by atoms with Crippen molar-refractivity contribution in [1.29, 1.82) is 0 Å². The van der Waals surface area contributed by atoms with E-state index in [0.717, 1.165) is 10.2 Å². The summed E-state index contributed by atoms with van der Waals surface area (Å²) in [5, 5.41) is 0.259. The first-order valence-corrected chi connectivity index (χ1v) is 7.71. The van der Waals surface area contributed by atoms with E-state index < -0.39 is 0 Å². The number of ether oxygens (including phenoxy) is 1. The SMILES string of the molecule is CC(C)(C)c1nc(Cl)c(C(=O)N2CCOCC2)cc1Br. The summed E-state index contributed by atoms with van der Waals surface area (Å²) in [6, 6.07) is 1.77. The van der Waals surface area contributed by atoms with Gasteiger partial charge in [-0.25, -0.2) is 4.98 Å². The second-order valence-electron chi connectivity index (χ2n) is 5.81. The van der Waals surface area contributed by atoms with Gasteiger partial charge in [0.05, 0.1) is 24.5 Å². The first-order chi connectivity index (χ1) is 9.30. The number of morpholine rings is 1. The Morgan fingerprint density at radius 1 is 1.40 bits per heavy atom. The van der Waals surface area contributed by atoms with Crippen LogP contribution in [0.5, 0.6) is 0 Å². The normalized spacial score (nSPS) is 16.4. The minimum absolute atomic E-state index is 0.0908. The van der Waals surface area contributed by atoms with Crippen molar-refractivity contribution in [2.24, 2.45) is 0 Å². The van der Waals surface area contributed by atoms with Gasteiger partial charge in [-0.3, -0.25) is 4.79 Å². The Kier molecular flexibility index (Phi) is 4.72. The van der Waals surface area contributed by atoms with E-state index in [-0.39, 0.29) is 16.5 Å². The Labute approximate surface area is 132 Å². The van der Waals surface area contributed by atoms with Crippen LogP contribution >= 0.6 is 27.5 Å². The molecule has 1 aromatic heterocycles. The van der Waals surface area contributed by atoms with Crippen LogP contribution in [0, 0.1) is 0 Å². The molecule has 0 atom stereocenters. The summed E-state index contributed by atoms with van der Waals surface area (Å²) in [5.74, 6) is -0.0908. The van der Waals surface area contributed by atoms with E-state index >= 15 is 0 Å². The second-order valence-corrected chi connectivity index (χ2v) is 7.02. The maximum Gasteiger partial charge on any atom is 0.257 e. The van der Waals surface area contributed by atoms with Crippen LogP contribution in [0.4, 0.5) is 0 Å². The van der Waals surface area contributed by atoms with E-state index in [4.69, 9.17) is 16.3 Å². The number of hydrogen-bond donors (Lipinski definition) is 0. The molecule has 0 aliphatic carbocycles. The number of pyridine rings is 1. The molecular formula is C14H18BrClN2O2. The van der Waals surface area contributed by atoms with Crippen molar-refractivity contribution in [2.75, 3.05) is 26.3 Å². The molecule has 1 amide bonds. The molecule has 0 unspecified atom stereocenters. The quantitative estimate of drug-likeness (QED) is 0.721. The zero-order valence-electron chi connectivity index (χ0n) is 11.9. The first kappa shape index (κ1) is 15.7. The van der Waals surface area contributed by atoms with Gasteiger partial charge in [0.25, 0.3) is 5.91 Å². The fourth-order valence-electron chi connectivity index (χ4n) is 2.08. The molecule has 20 heavy (non-hydrogen) atoms. The van der Waals surface area contributed by atoms with Gasteiger partial charge in [-0.05, 0) is 22.0 Å². The van der Waals surface area contributed by atoms with E-state index in [0.29, 0.717) is 31.9 Å². The van der Waals surface area contributed by atoms with Crippen LogP contribution in [0.25, 0.3) is 0 Å². The molecule has 110 valence electrons. The van der Waals surface area contributed by atoms with Crippen LogP contribution in [-0.4, -0.2) is 42.1 Å². The topological polar surface area (TPSA) is 42.4 Å². The van der Waals surface area contributed by atoms with Crippen LogP contribution < -0.4 is 0 Å².